The van der Waals surface area contributed by atoms with Crippen LogP contribution in [0.1, 0.15) is 0 Å². The molecule has 11 aromatic rings. The lowest BCUT2D eigenvalue weighted by molar-refractivity contribution is 0.669. The van der Waals surface area contributed by atoms with Gasteiger partial charge in [-0.25, -0.2) is 0 Å². The number of fused-ring (bicyclic) bond motifs is 8. The highest BCUT2D eigenvalue weighted by molar-refractivity contribution is 6.12. The van der Waals surface area contributed by atoms with Crippen molar-refractivity contribution in [1.82, 2.24) is 4.57 Å². The van der Waals surface area contributed by atoms with Crippen LogP contribution in [0.3, 0.4) is 0 Å². The van der Waals surface area contributed by atoms with Crippen molar-refractivity contribution in [2.24, 2.45) is 0 Å². The zero-order valence-corrected chi connectivity index (χ0v) is 28.8. The van der Waals surface area contributed by atoms with Crippen molar-refractivity contribution in [3.8, 4) is 16.8 Å². The van der Waals surface area contributed by atoms with Crippen molar-refractivity contribution in [2.45, 2.75) is 0 Å². The summed E-state index contributed by atoms with van der Waals surface area (Å²) in [7, 11) is 0. The third-order valence-corrected chi connectivity index (χ3v) is 10.7. The molecule has 3 nitrogen and oxygen atoms in total. The molecule has 0 saturated heterocycles. The van der Waals surface area contributed by atoms with Crippen molar-refractivity contribution >= 4 is 82.4 Å². The third-order valence-electron chi connectivity index (χ3n) is 10.7. The zero-order chi connectivity index (χ0) is 34.9. The summed E-state index contributed by atoms with van der Waals surface area (Å²) in [5, 5.41) is 9.58. The predicted octanol–water partition coefficient (Wildman–Crippen LogP) is 14.1. The van der Waals surface area contributed by atoms with Gasteiger partial charge in [0.1, 0.15) is 11.2 Å². The van der Waals surface area contributed by atoms with E-state index in [-0.39, 0.29) is 0 Å². The van der Waals surface area contributed by atoms with Crippen LogP contribution < -0.4 is 4.90 Å². The molecule has 2 aromatic heterocycles. The van der Waals surface area contributed by atoms with E-state index in [4.69, 9.17) is 4.42 Å². The quantitative estimate of drug-likeness (QED) is 0.181. The highest BCUT2D eigenvalue weighted by atomic mass is 16.3. The van der Waals surface area contributed by atoms with Crippen LogP contribution in [0.15, 0.2) is 199 Å². The summed E-state index contributed by atoms with van der Waals surface area (Å²) >= 11 is 0. The Bertz CT molecular complexity index is 3200. The van der Waals surface area contributed by atoms with Crippen LogP contribution in [0.4, 0.5) is 17.1 Å². The topological polar surface area (TPSA) is 21.3 Å². The molecule has 2 heterocycles. The van der Waals surface area contributed by atoms with Gasteiger partial charge >= 0.3 is 0 Å². The molecule has 0 bridgehead atoms. The number of anilines is 3. The molecular formula is C50H32N2O. The molecule has 0 atom stereocenters. The Morgan fingerprint density at radius 2 is 1.04 bits per heavy atom. The molecule has 0 N–H and O–H groups in total. The molecule has 0 spiro atoms. The Morgan fingerprint density at radius 1 is 0.358 bits per heavy atom. The molecule has 0 amide bonds. The van der Waals surface area contributed by atoms with Crippen molar-refractivity contribution in [3.05, 3.63) is 194 Å². The minimum Gasteiger partial charge on any atom is -0.456 e. The van der Waals surface area contributed by atoms with E-state index in [9.17, 15) is 0 Å². The van der Waals surface area contributed by atoms with E-state index in [0.717, 1.165) is 44.7 Å². The zero-order valence-electron chi connectivity index (χ0n) is 28.8. The van der Waals surface area contributed by atoms with Gasteiger partial charge in [-0.1, -0.05) is 121 Å². The maximum Gasteiger partial charge on any atom is 0.135 e. The first-order chi connectivity index (χ1) is 26.3. The van der Waals surface area contributed by atoms with Gasteiger partial charge < -0.3 is 13.9 Å². The SMILES string of the molecule is c1cc(-c2ccc3c(c2)c2ccccc2n3-c2ccc3oc4ccccc4c3c2)cc(N(c2ccc3ccccc3c2)c2cccc3ccccc23)c1. The summed E-state index contributed by atoms with van der Waals surface area (Å²) in [5.74, 6) is 0. The molecule has 53 heavy (non-hydrogen) atoms. The van der Waals surface area contributed by atoms with Gasteiger partial charge in [0.2, 0.25) is 0 Å². The summed E-state index contributed by atoms with van der Waals surface area (Å²) in [6, 6.07) is 70.0. The van der Waals surface area contributed by atoms with E-state index in [0.29, 0.717) is 0 Å². The second-order valence-corrected chi connectivity index (χ2v) is 13.8. The predicted molar refractivity (Wildman–Crippen MR) is 223 cm³/mol. The van der Waals surface area contributed by atoms with Gasteiger partial charge in [0.05, 0.1) is 16.7 Å². The van der Waals surface area contributed by atoms with Gasteiger partial charge in [-0.2, -0.15) is 0 Å². The molecular weight excluding hydrogens is 645 g/mol. The average molecular weight is 677 g/mol. The molecule has 0 aliphatic rings. The van der Waals surface area contributed by atoms with E-state index in [1.165, 1.54) is 54.5 Å². The first-order valence-corrected chi connectivity index (χ1v) is 18.1. The summed E-state index contributed by atoms with van der Waals surface area (Å²) < 4.78 is 8.56. The van der Waals surface area contributed by atoms with Gasteiger partial charge in [-0.15, -0.1) is 0 Å². The summed E-state index contributed by atoms with van der Waals surface area (Å²) in [4.78, 5) is 2.40. The van der Waals surface area contributed by atoms with Crippen LogP contribution in [-0.4, -0.2) is 4.57 Å². The number of hydrogen-bond acceptors (Lipinski definition) is 2. The lowest BCUT2D eigenvalue weighted by Gasteiger charge is -2.27. The Labute approximate surface area is 306 Å². The summed E-state index contributed by atoms with van der Waals surface area (Å²) in [5.41, 5.74) is 11.0. The smallest absolute Gasteiger partial charge is 0.135 e. The number of para-hydroxylation sites is 2. The van der Waals surface area contributed by atoms with Crippen LogP contribution in [0.25, 0.3) is 82.1 Å². The van der Waals surface area contributed by atoms with E-state index < -0.39 is 0 Å². The van der Waals surface area contributed by atoms with Gasteiger partial charge in [0.15, 0.2) is 0 Å². The van der Waals surface area contributed by atoms with Gasteiger partial charge in [0, 0.05) is 44.0 Å². The van der Waals surface area contributed by atoms with Gasteiger partial charge in [-0.3, -0.25) is 0 Å². The number of hydrogen-bond donors (Lipinski definition) is 0. The van der Waals surface area contributed by atoms with Crippen LogP contribution in [0, 0.1) is 0 Å². The van der Waals surface area contributed by atoms with E-state index in [1.54, 1.807) is 0 Å². The van der Waals surface area contributed by atoms with Crippen molar-refractivity contribution in [3.63, 3.8) is 0 Å². The number of furan rings is 1. The highest BCUT2D eigenvalue weighted by Crippen LogP contribution is 2.42. The maximum absolute atomic E-state index is 6.17. The standard InChI is InChI=1S/C50H32N2O/c1-2-13-35-29-39(25-23-33(35)11-1)51(46-21-10-14-34-12-3-4-17-41(34)46)38-16-9-15-36(30-38)37-24-27-48-44(31-37)42-18-5-7-20-47(42)52(48)40-26-28-50-45(32-40)43-19-6-8-22-49(43)53-50/h1-32H. The van der Waals surface area contributed by atoms with E-state index in [1.807, 2.05) is 12.1 Å². The molecule has 0 aliphatic heterocycles. The van der Waals surface area contributed by atoms with Crippen molar-refractivity contribution < 1.29 is 4.42 Å². The van der Waals surface area contributed by atoms with Crippen LogP contribution in [0.5, 0.6) is 0 Å². The third kappa shape index (κ3) is 4.75. The molecule has 0 fully saturated rings. The largest absolute Gasteiger partial charge is 0.456 e. The molecule has 9 aromatic carbocycles. The normalized spacial score (nSPS) is 11.8. The molecule has 3 heteroatoms. The fourth-order valence-corrected chi connectivity index (χ4v) is 8.25. The van der Waals surface area contributed by atoms with E-state index in [2.05, 4.69) is 191 Å². The second-order valence-electron chi connectivity index (χ2n) is 13.8. The monoisotopic (exact) mass is 676 g/mol. The first kappa shape index (κ1) is 29.6. The van der Waals surface area contributed by atoms with Crippen LogP contribution in [-0.2, 0) is 0 Å². The van der Waals surface area contributed by atoms with Crippen LogP contribution in [0.2, 0.25) is 0 Å². The fraction of sp³-hybridized carbons (Fsp3) is 0. The summed E-state index contributed by atoms with van der Waals surface area (Å²) in [6.45, 7) is 0. The van der Waals surface area contributed by atoms with Crippen molar-refractivity contribution in [2.75, 3.05) is 4.90 Å². The maximum atomic E-state index is 6.17. The fourth-order valence-electron chi connectivity index (χ4n) is 8.25. The van der Waals surface area contributed by atoms with Crippen LogP contribution >= 0.6 is 0 Å². The Morgan fingerprint density at radius 3 is 1.96 bits per heavy atom. The van der Waals surface area contributed by atoms with E-state index >= 15 is 0 Å². The minimum absolute atomic E-state index is 0.902. The lowest BCUT2D eigenvalue weighted by Crippen LogP contribution is -2.10. The number of rotatable bonds is 5. The molecule has 0 aliphatic carbocycles. The highest BCUT2D eigenvalue weighted by Gasteiger charge is 2.18. The number of aromatic nitrogens is 1. The lowest BCUT2D eigenvalue weighted by atomic mass is 10.0. The Kier molecular flexibility index (Phi) is 6.55. The van der Waals surface area contributed by atoms with Gasteiger partial charge in [0.25, 0.3) is 0 Å². The van der Waals surface area contributed by atoms with Gasteiger partial charge in [-0.05, 0) is 100 Å². The molecule has 248 valence electrons. The number of nitrogens with zero attached hydrogens (tertiary/aromatic N) is 2. The Hall–Kier alpha value is -7.10. The molecule has 0 saturated carbocycles. The number of benzene rings is 9. The molecule has 0 unspecified atom stereocenters. The molecule has 11 rings (SSSR count). The molecule has 0 radical (unpaired) electrons. The second kappa shape index (κ2) is 11.7. The Balaban J connectivity index is 1.08. The average Bonchev–Trinajstić information content (AvgIpc) is 3.76. The first-order valence-electron chi connectivity index (χ1n) is 18.1. The minimum atomic E-state index is 0.902. The van der Waals surface area contributed by atoms with Crippen molar-refractivity contribution in [1.29, 1.82) is 0 Å². The summed E-state index contributed by atoms with van der Waals surface area (Å²) in [6.07, 6.45) is 0.